The molecule has 0 bridgehead atoms. The Hall–Kier alpha value is -0.570. The zero-order chi connectivity index (χ0) is 11.7. The van der Waals surface area contributed by atoms with Crippen LogP contribution in [-0.4, -0.2) is 17.1 Å². The van der Waals surface area contributed by atoms with Crippen molar-refractivity contribution in [1.29, 1.82) is 0 Å². The molecule has 0 aliphatic heterocycles. The van der Waals surface area contributed by atoms with Crippen molar-refractivity contribution < 1.29 is 18.1 Å². The van der Waals surface area contributed by atoms with Crippen LogP contribution in [0.25, 0.3) is 0 Å². The van der Waals surface area contributed by atoms with Gasteiger partial charge in [-0.15, -0.1) is 0 Å². The molecule has 0 saturated carbocycles. The van der Waals surface area contributed by atoms with Crippen molar-refractivity contribution in [2.45, 2.75) is 19.7 Å². The lowest BCUT2D eigenvalue weighted by Crippen LogP contribution is -2.34. The summed E-state index contributed by atoms with van der Waals surface area (Å²) in [5.41, 5.74) is 5.01. The Balaban J connectivity index is 5.03. The highest BCUT2D eigenvalue weighted by Crippen LogP contribution is 1.96. The molecule has 48 valence electrons. The van der Waals surface area contributed by atoms with Crippen LogP contribution in [-0.2, 0) is 4.79 Å². The van der Waals surface area contributed by atoms with Gasteiger partial charge in [-0.2, -0.15) is 0 Å². The first-order valence-corrected chi connectivity index (χ1v) is 1.96. The molecule has 3 N–H and O–H groups in total. The summed E-state index contributed by atoms with van der Waals surface area (Å²) in [6, 6.07) is -1.92. The number of aliphatic carboxylic acids is 1. The Labute approximate surface area is 56.9 Å². The summed E-state index contributed by atoms with van der Waals surface area (Å²) >= 11 is 0. The summed E-state index contributed by atoms with van der Waals surface area (Å²) in [5.74, 6) is -3.69. The number of rotatable bonds is 2. The fourth-order valence-corrected chi connectivity index (χ4v) is 0.143. The van der Waals surface area contributed by atoms with E-state index >= 15 is 0 Å². The SMILES string of the molecule is [2H]C([2H])([2H])C([C@H](N)C(=O)O)C([2H])([2H])[2H]. The monoisotopic (exact) mass is 123 g/mol. The summed E-state index contributed by atoms with van der Waals surface area (Å²) in [7, 11) is 0. The fourth-order valence-electron chi connectivity index (χ4n) is 0.143. The Bertz CT molecular complexity index is 207. The lowest BCUT2D eigenvalue weighted by molar-refractivity contribution is -0.139. The maximum Gasteiger partial charge on any atom is 0.320 e. The Morgan fingerprint density at radius 3 is 2.50 bits per heavy atom. The average molecular weight is 123 g/mol. The van der Waals surface area contributed by atoms with Gasteiger partial charge in [0.1, 0.15) is 6.04 Å². The van der Waals surface area contributed by atoms with Gasteiger partial charge in [0.2, 0.25) is 0 Å². The van der Waals surface area contributed by atoms with E-state index in [2.05, 4.69) is 0 Å². The molecule has 0 fully saturated rings. The number of hydrogen-bond acceptors (Lipinski definition) is 2. The molecule has 1 atom stereocenters. The van der Waals surface area contributed by atoms with E-state index in [1.165, 1.54) is 0 Å². The van der Waals surface area contributed by atoms with E-state index in [4.69, 9.17) is 19.1 Å². The van der Waals surface area contributed by atoms with Gasteiger partial charge in [-0.05, 0) is 5.92 Å². The largest absolute Gasteiger partial charge is 0.480 e. The number of nitrogens with two attached hydrogens (primary N) is 1. The van der Waals surface area contributed by atoms with E-state index in [-0.39, 0.29) is 0 Å². The lowest BCUT2D eigenvalue weighted by Gasteiger charge is -2.07. The molecule has 0 heterocycles. The second-order valence-corrected chi connectivity index (χ2v) is 1.34. The highest BCUT2D eigenvalue weighted by Gasteiger charge is 2.14. The van der Waals surface area contributed by atoms with Crippen molar-refractivity contribution in [2.75, 3.05) is 0 Å². The highest BCUT2D eigenvalue weighted by atomic mass is 16.4. The zero-order valence-corrected chi connectivity index (χ0v) is 4.09. The van der Waals surface area contributed by atoms with Crippen LogP contribution in [0.4, 0.5) is 0 Å². The van der Waals surface area contributed by atoms with E-state index in [9.17, 15) is 4.79 Å². The quantitative estimate of drug-likeness (QED) is 0.545. The molecule has 0 amide bonds. The Morgan fingerprint density at radius 2 is 2.38 bits per heavy atom. The molecule has 0 aromatic heterocycles. The Kier molecular flexibility index (Phi) is 0.663. The highest BCUT2D eigenvalue weighted by molar-refractivity contribution is 5.73. The minimum atomic E-state index is -2.91. The molecule has 0 rings (SSSR count). The molecule has 0 radical (unpaired) electrons. The first kappa shape index (κ1) is 1.99. The molecule has 3 heteroatoms. The van der Waals surface area contributed by atoms with Crippen LogP contribution >= 0.6 is 0 Å². The third kappa shape index (κ3) is 1.93. The molecule has 0 spiro atoms. The van der Waals surface area contributed by atoms with Crippen LogP contribution < -0.4 is 5.73 Å². The minimum Gasteiger partial charge on any atom is -0.480 e. The van der Waals surface area contributed by atoms with Crippen LogP contribution in [0.5, 0.6) is 0 Å². The lowest BCUT2D eigenvalue weighted by atomic mass is 10.1. The molecular weight excluding hydrogens is 106 g/mol. The molecule has 0 saturated heterocycles. The summed E-state index contributed by atoms with van der Waals surface area (Å²) in [6.07, 6.45) is 0. The molecule has 0 aliphatic rings. The van der Waals surface area contributed by atoms with Crippen LogP contribution in [0.2, 0.25) is 0 Å². The predicted molar refractivity (Wildman–Crippen MR) is 30.4 cm³/mol. The van der Waals surface area contributed by atoms with Gasteiger partial charge in [0.15, 0.2) is 0 Å². The average Bonchev–Trinajstić information content (AvgIpc) is 1.79. The van der Waals surface area contributed by atoms with E-state index in [0.717, 1.165) is 0 Å². The van der Waals surface area contributed by atoms with Gasteiger partial charge in [-0.3, -0.25) is 4.79 Å². The van der Waals surface area contributed by atoms with E-state index < -0.39 is 31.6 Å². The summed E-state index contributed by atoms with van der Waals surface area (Å²) < 4.78 is 41.4. The van der Waals surface area contributed by atoms with Crippen molar-refractivity contribution in [1.82, 2.24) is 0 Å². The van der Waals surface area contributed by atoms with Gasteiger partial charge in [0.05, 0.1) is 0 Å². The second kappa shape index (κ2) is 2.67. The van der Waals surface area contributed by atoms with Crippen LogP contribution in [0.3, 0.4) is 0 Å². The smallest absolute Gasteiger partial charge is 0.320 e. The van der Waals surface area contributed by atoms with Gasteiger partial charge in [-0.25, -0.2) is 0 Å². The molecule has 0 aliphatic carbocycles. The minimum absolute atomic E-state index is 1.64. The van der Waals surface area contributed by atoms with E-state index in [1.54, 1.807) is 0 Å². The number of carboxylic acid groups (broad SMARTS) is 1. The van der Waals surface area contributed by atoms with E-state index in [1.807, 2.05) is 0 Å². The molecule has 3 nitrogen and oxygen atoms in total. The molecular formula is C5H11NO2. The van der Waals surface area contributed by atoms with Crippen molar-refractivity contribution >= 4 is 5.97 Å². The maximum atomic E-state index is 10.4. The third-order valence-electron chi connectivity index (χ3n) is 0.644. The van der Waals surface area contributed by atoms with Gasteiger partial charge in [-0.1, -0.05) is 13.7 Å². The van der Waals surface area contributed by atoms with Crippen LogP contribution in [0, 0.1) is 5.92 Å². The van der Waals surface area contributed by atoms with Gasteiger partial charge in [0.25, 0.3) is 0 Å². The fraction of sp³-hybridized carbons (Fsp3) is 0.800. The molecule has 0 unspecified atom stereocenters. The van der Waals surface area contributed by atoms with Crippen LogP contribution in [0.1, 0.15) is 21.9 Å². The van der Waals surface area contributed by atoms with Crippen molar-refractivity contribution in [3.05, 3.63) is 0 Å². The van der Waals surface area contributed by atoms with Crippen LogP contribution in [0.15, 0.2) is 0 Å². The number of carboxylic acids is 1. The second-order valence-electron chi connectivity index (χ2n) is 1.34. The summed E-state index contributed by atoms with van der Waals surface area (Å²) in [6.45, 7) is -5.83. The van der Waals surface area contributed by atoms with Crippen molar-refractivity contribution in [2.24, 2.45) is 11.7 Å². The van der Waals surface area contributed by atoms with Gasteiger partial charge in [0, 0.05) is 8.22 Å². The normalized spacial score (nSPS) is 28.2. The number of carbonyl (C=O) groups is 1. The maximum absolute atomic E-state index is 10.4. The predicted octanol–water partition coefficient (Wildman–Crippen LogP) is 0.0543. The van der Waals surface area contributed by atoms with Gasteiger partial charge >= 0.3 is 5.97 Å². The first-order chi connectivity index (χ1) is 5.98. The summed E-state index contributed by atoms with van der Waals surface area (Å²) in [4.78, 5) is 10.4. The zero-order valence-electron chi connectivity index (χ0n) is 10.1. The first-order valence-electron chi connectivity index (χ1n) is 4.96. The van der Waals surface area contributed by atoms with Crippen molar-refractivity contribution in [3.8, 4) is 0 Å². The number of hydrogen-bond donors (Lipinski definition) is 2. The molecule has 0 aromatic carbocycles. The molecule has 8 heavy (non-hydrogen) atoms. The van der Waals surface area contributed by atoms with Gasteiger partial charge < -0.3 is 10.8 Å². The summed E-state index contributed by atoms with van der Waals surface area (Å²) in [5, 5.41) is 8.45. The molecule has 0 aromatic rings. The van der Waals surface area contributed by atoms with E-state index in [0.29, 0.717) is 0 Å². The standard InChI is InChI=1S/C5H11NO2/c1-3(2)4(6)5(7)8/h3-4H,6H2,1-2H3,(H,7,8)/t4-/m0/s1/i1D3,2D3. The topological polar surface area (TPSA) is 63.3 Å². The van der Waals surface area contributed by atoms with Crippen molar-refractivity contribution in [3.63, 3.8) is 0 Å². The Morgan fingerprint density at radius 1 is 1.88 bits per heavy atom. The third-order valence-corrected chi connectivity index (χ3v) is 0.644.